The van der Waals surface area contributed by atoms with E-state index in [2.05, 4.69) is 10.3 Å². The molecular weight excluding hydrogens is 452 g/mol. The smallest absolute Gasteiger partial charge is 0.280 e. The average Bonchev–Trinajstić information content (AvgIpc) is 3.49. The highest BCUT2D eigenvalue weighted by Gasteiger charge is 2.43. The Balaban J connectivity index is 1.64. The average molecular weight is 473 g/mol. The summed E-state index contributed by atoms with van der Waals surface area (Å²) in [7, 11) is 1.61. The van der Waals surface area contributed by atoms with E-state index in [1.54, 1.807) is 37.6 Å². The first kappa shape index (κ1) is 21.6. The summed E-state index contributed by atoms with van der Waals surface area (Å²) in [4.78, 5) is 17.6. The van der Waals surface area contributed by atoms with E-state index in [0.717, 1.165) is 11.4 Å². The molecule has 0 spiro atoms. The fourth-order valence-corrected chi connectivity index (χ4v) is 4.57. The van der Waals surface area contributed by atoms with Crippen molar-refractivity contribution >= 4 is 28.7 Å². The molecule has 4 aromatic rings. The molecule has 1 N–H and O–H groups in total. The minimum atomic E-state index is -0.415. The number of hydrogen-bond donors (Lipinski definition) is 1. The number of nitrogens with zero attached hydrogens (tertiary/aromatic N) is 3. The maximum absolute atomic E-state index is 11.6. The van der Waals surface area contributed by atoms with Crippen LogP contribution in [0.1, 0.15) is 23.5 Å². The zero-order valence-electron chi connectivity index (χ0n) is 18.1. The van der Waals surface area contributed by atoms with Gasteiger partial charge >= 0.3 is 0 Å². The molecule has 9 heteroatoms. The number of nitrogens with one attached hydrogen (secondary N) is 1. The predicted molar refractivity (Wildman–Crippen MR) is 132 cm³/mol. The van der Waals surface area contributed by atoms with E-state index >= 15 is 0 Å². The quantitative estimate of drug-likeness (QED) is 0.225. The molecule has 34 heavy (non-hydrogen) atoms. The highest BCUT2D eigenvalue weighted by Crippen LogP contribution is 2.45. The number of thiocarbonyl (C=S) groups is 1. The summed E-state index contributed by atoms with van der Waals surface area (Å²) < 4.78 is 11.9. The number of benzene rings is 2. The van der Waals surface area contributed by atoms with E-state index in [-0.39, 0.29) is 11.7 Å². The van der Waals surface area contributed by atoms with Crippen molar-refractivity contribution in [2.24, 2.45) is 0 Å². The van der Waals surface area contributed by atoms with Crippen LogP contribution in [0.4, 0.5) is 11.4 Å². The molecule has 170 valence electrons. The zero-order chi connectivity index (χ0) is 23.7. The summed E-state index contributed by atoms with van der Waals surface area (Å²) in [5, 5.41) is 15.4. The van der Waals surface area contributed by atoms with Gasteiger partial charge in [0.1, 0.15) is 23.3 Å². The van der Waals surface area contributed by atoms with Gasteiger partial charge in [-0.1, -0.05) is 30.3 Å². The van der Waals surface area contributed by atoms with E-state index in [0.29, 0.717) is 27.9 Å². The van der Waals surface area contributed by atoms with Crippen molar-refractivity contribution in [3.05, 3.63) is 107 Å². The molecule has 0 saturated carbocycles. The molecule has 0 aliphatic carbocycles. The lowest BCUT2D eigenvalue weighted by molar-refractivity contribution is -0.384. The Hall–Kier alpha value is -4.24. The Morgan fingerprint density at radius 1 is 1.06 bits per heavy atom. The Morgan fingerprint density at radius 3 is 2.59 bits per heavy atom. The normalized spacial score (nSPS) is 17.4. The van der Waals surface area contributed by atoms with Crippen molar-refractivity contribution in [1.82, 2.24) is 10.3 Å². The Labute approximate surface area is 201 Å². The van der Waals surface area contributed by atoms with Crippen LogP contribution in [0, 0.1) is 10.1 Å². The fraction of sp³-hybridized carbons (Fsp3) is 0.120. The van der Waals surface area contributed by atoms with E-state index < -0.39 is 11.0 Å². The van der Waals surface area contributed by atoms with Crippen LogP contribution in [0.3, 0.4) is 0 Å². The van der Waals surface area contributed by atoms with Crippen molar-refractivity contribution in [1.29, 1.82) is 0 Å². The predicted octanol–water partition coefficient (Wildman–Crippen LogP) is 5.44. The second-order valence-electron chi connectivity index (χ2n) is 7.64. The van der Waals surface area contributed by atoms with Gasteiger partial charge in [-0.25, -0.2) is 0 Å². The number of methoxy groups -OCH3 is 1. The number of furan rings is 1. The first-order chi connectivity index (χ1) is 16.6. The number of hydrogen-bond acceptors (Lipinski definition) is 6. The first-order valence-electron chi connectivity index (χ1n) is 10.6. The third kappa shape index (κ3) is 3.75. The minimum absolute atomic E-state index is 0.0219. The number of anilines is 1. The molecule has 2 aromatic heterocycles. The largest absolute Gasteiger partial charge is 0.495 e. The molecule has 1 aliphatic rings. The van der Waals surface area contributed by atoms with Crippen LogP contribution in [-0.4, -0.2) is 22.1 Å². The number of rotatable bonds is 6. The van der Waals surface area contributed by atoms with Crippen molar-refractivity contribution < 1.29 is 14.1 Å². The van der Waals surface area contributed by atoms with Gasteiger partial charge in [0.05, 0.1) is 35.0 Å². The lowest BCUT2D eigenvalue weighted by Crippen LogP contribution is -2.29. The van der Waals surface area contributed by atoms with Gasteiger partial charge in [-0.15, -0.1) is 0 Å². The molecule has 2 aromatic carbocycles. The van der Waals surface area contributed by atoms with Gasteiger partial charge < -0.3 is 19.4 Å². The number of ether oxygens (including phenoxy) is 1. The molecular formula is C25H20N4O4S. The van der Waals surface area contributed by atoms with Crippen molar-refractivity contribution in [3.63, 3.8) is 0 Å². The van der Waals surface area contributed by atoms with Gasteiger partial charge in [0.2, 0.25) is 0 Å². The number of pyridine rings is 1. The van der Waals surface area contributed by atoms with Gasteiger partial charge in [0.15, 0.2) is 5.11 Å². The third-order valence-corrected chi connectivity index (χ3v) is 6.04. The summed E-state index contributed by atoms with van der Waals surface area (Å²) >= 11 is 5.74. The fourth-order valence-electron chi connectivity index (χ4n) is 4.23. The molecule has 2 atom stereocenters. The maximum Gasteiger partial charge on any atom is 0.280 e. The SMILES string of the molecule is COc1ccccc1N1C(=S)N[C@H](c2ccccn2)[C@@H]1c1ccc(-c2ccccc2[N+](=O)[O-])o1. The lowest BCUT2D eigenvalue weighted by atomic mass is 10.0. The van der Waals surface area contributed by atoms with Crippen LogP contribution in [0.15, 0.2) is 89.5 Å². The molecule has 1 fully saturated rings. The Kier molecular flexibility index (Phi) is 5.69. The molecule has 0 amide bonds. The second kappa shape index (κ2) is 8.95. The van der Waals surface area contributed by atoms with Crippen LogP contribution >= 0.6 is 12.2 Å². The summed E-state index contributed by atoms with van der Waals surface area (Å²) in [6.45, 7) is 0. The number of aromatic nitrogens is 1. The summed E-state index contributed by atoms with van der Waals surface area (Å²) in [5.41, 5.74) is 1.95. The van der Waals surface area contributed by atoms with Gasteiger partial charge in [-0.05, 0) is 54.7 Å². The van der Waals surface area contributed by atoms with Gasteiger partial charge in [-0.3, -0.25) is 15.1 Å². The van der Waals surface area contributed by atoms with E-state index in [4.69, 9.17) is 21.4 Å². The molecule has 0 radical (unpaired) electrons. The van der Waals surface area contributed by atoms with Crippen molar-refractivity contribution in [2.75, 3.05) is 12.0 Å². The minimum Gasteiger partial charge on any atom is -0.495 e. The monoisotopic (exact) mass is 472 g/mol. The summed E-state index contributed by atoms with van der Waals surface area (Å²) in [5.74, 6) is 1.64. The first-order valence-corrected chi connectivity index (χ1v) is 11.0. The maximum atomic E-state index is 11.6. The molecule has 0 unspecified atom stereocenters. The molecule has 8 nitrogen and oxygen atoms in total. The highest BCUT2D eigenvalue weighted by molar-refractivity contribution is 7.80. The van der Waals surface area contributed by atoms with Crippen LogP contribution in [-0.2, 0) is 0 Å². The number of nitro benzene ring substituents is 1. The summed E-state index contributed by atoms with van der Waals surface area (Å²) in [6, 6.07) is 22.6. The van der Waals surface area contributed by atoms with Gasteiger partial charge in [-0.2, -0.15) is 0 Å². The number of nitro groups is 1. The van der Waals surface area contributed by atoms with E-state index in [1.165, 1.54) is 6.07 Å². The highest BCUT2D eigenvalue weighted by atomic mass is 32.1. The Bertz CT molecular complexity index is 1360. The van der Waals surface area contributed by atoms with Gasteiger partial charge in [0, 0.05) is 12.3 Å². The van der Waals surface area contributed by atoms with Crippen LogP contribution in [0.5, 0.6) is 5.75 Å². The van der Waals surface area contributed by atoms with Crippen LogP contribution in [0.2, 0.25) is 0 Å². The molecule has 1 aliphatic heterocycles. The topological polar surface area (TPSA) is 93.7 Å². The van der Waals surface area contributed by atoms with E-state index in [1.807, 2.05) is 53.4 Å². The Morgan fingerprint density at radius 2 is 1.82 bits per heavy atom. The van der Waals surface area contributed by atoms with Crippen LogP contribution in [0.25, 0.3) is 11.3 Å². The molecule has 5 rings (SSSR count). The van der Waals surface area contributed by atoms with Gasteiger partial charge in [0.25, 0.3) is 5.69 Å². The van der Waals surface area contributed by atoms with E-state index in [9.17, 15) is 10.1 Å². The molecule has 3 heterocycles. The standard InChI is InChI=1S/C25H20N4O4S/c1-32-21-12-5-4-11-19(21)28-24(23(27-25(28)34)17-9-6-7-15-26-17)22-14-13-20(33-22)16-8-2-3-10-18(16)29(30)31/h2-15,23-24H,1H3,(H,27,34)/t23-,24+/m1/s1. The van der Waals surface area contributed by atoms with Crippen molar-refractivity contribution in [2.45, 2.75) is 12.1 Å². The number of para-hydroxylation sites is 3. The zero-order valence-corrected chi connectivity index (χ0v) is 18.9. The second-order valence-corrected chi connectivity index (χ2v) is 8.03. The van der Waals surface area contributed by atoms with Crippen LogP contribution < -0.4 is 15.0 Å². The molecule has 1 saturated heterocycles. The summed E-state index contributed by atoms with van der Waals surface area (Å²) in [6.07, 6.45) is 1.73. The third-order valence-electron chi connectivity index (χ3n) is 5.73. The lowest BCUT2D eigenvalue weighted by Gasteiger charge is -2.27. The van der Waals surface area contributed by atoms with Crippen molar-refractivity contribution in [3.8, 4) is 17.1 Å². The molecule has 0 bridgehead atoms.